The number of rotatable bonds is 5. The van der Waals surface area contributed by atoms with Crippen LogP contribution >= 0.6 is 22.7 Å². The molecule has 5 heteroatoms. The molecule has 1 amide bonds. The summed E-state index contributed by atoms with van der Waals surface area (Å²) in [6.07, 6.45) is 3.93. The molecule has 4 rings (SSSR count). The number of hydrogen-bond acceptors (Lipinski definition) is 4. The molecule has 2 fully saturated rings. The van der Waals surface area contributed by atoms with E-state index in [1.807, 2.05) is 6.07 Å². The Kier molecular flexibility index (Phi) is 4.03. The van der Waals surface area contributed by atoms with E-state index in [0.29, 0.717) is 0 Å². The van der Waals surface area contributed by atoms with Crippen LogP contribution in [-0.2, 0) is 20.4 Å². The molecule has 0 radical (unpaired) electrons. The maximum absolute atomic E-state index is 12.8. The van der Waals surface area contributed by atoms with E-state index in [1.165, 1.54) is 9.75 Å². The number of carbonyl (C=O) groups is 1. The van der Waals surface area contributed by atoms with Crippen LogP contribution in [-0.4, -0.2) is 25.7 Å². The van der Waals surface area contributed by atoms with E-state index in [0.717, 1.165) is 45.4 Å². The maximum atomic E-state index is 12.8. The molecule has 0 aromatic carbocycles. The van der Waals surface area contributed by atoms with Crippen LogP contribution in [0.1, 0.15) is 35.4 Å². The summed E-state index contributed by atoms with van der Waals surface area (Å²) in [7, 11) is 0. The molecule has 2 aromatic rings. The molecule has 0 spiro atoms. The molecule has 1 saturated heterocycles. The first-order chi connectivity index (χ1) is 11.3. The Morgan fingerprint density at radius 1 is 1.04 bits per heavy atom. The van der Waals surface area contributed by atoms with Crippen molar-refractivity contribution in [2.24, 2.45) is 0 Å². The van der Waals surface area contributed by atoms with Gasteiger partial charge in [-0.3, -0.25) is 4.79 Å². The zero-order valence-corrected chi connectivity index (χ0v) is 14.7. The number of carbonyl (C=O) groups excluding carboxylic acids is 1. The maximum Gasteiger partial charge on any atom is 0.231 e. The van der Waals surface area contributed by atoms with Crippen molar-refractivity contribution >= 4 is 28.6 Å². The molecule has 2 aliphatic rings. The van der Waals surface area contributed by atoms with Gasteiger partial charge in [0.15, 0.2) is 0 Å². The molecule has 1 saturated carbocycles. The van der Waals surface area contributed by atoms with Crippen molar-refractivity contribution in [1.82, 2.24) is 5.32 Å². The third-order valence-corrected chi connectivity index (χ3v) is 7.45. The highest BCUT2D eigenvalue weighted by atomic mass is 32.1. The second kappa shape index (κ2) is 6.04. The summed E-state index contributed by atoms with van der Waals surface area (Å²) in [5.74, 6) is 0.211. The van der Waals surface area contributed by atoms with Gasteiger partial charge in [0.2, 0.25) is 5.91 Å². The number of thiophene rings is 2. The van der Waals surface area contributed by atoms with Crippen molar-refractivity contribution in [3.63, 3.8) is 0 Å². The lowest BCUT2D eigenvalue weighted by Crippen LogP contribution is -2.46. The lowest BCUT2D eigenvalue weighted by Gasteiger charge is -2.37. The molecule has 3 nitrogen and oxygen atoms in total. The van der Waals surface area contributed by atoms with Crippen molar-refractivity contribution in [2.75, 3.05) is 19.8 Å². The van der Waals surface area contributed by atoms with Gasteiger partial charge < -0.3 is 10.1 Å². The van der Waals surface area contributed by atoms with Gasteiger partial charge in [0.1, 0.15) is 0 Å². The molecule has 2 aromatic heterocycles. The lowest BCUT2D eigenvalue weighted by atomic mass is 9.78. The monoisotopic (exact) mass is 347 g/mol. The minimum absolute atomic E-state index is 0.0492. The van der Waals surface area contributed by atoms with Gasteiger partial charge in [-0.25, -0.2) is 0 Å². The van der Waals surface area contributed by atoms with E-state index in [4.69, 9.17) is 4.74 Å². The van der Waals surface area contributed by atoms with Gasteiger partial charge in [-0.1, -0.05) is 12.1 Å². The number of hydrogen-bond donors (Lipinski definition) is 1. The largest absolute Gasteiger partial charge is 0.381 e. The smallest absolute Gasteiger partial charge is 0.231 e. The van der Waals surface area contributed by atoms with Gasteiger partial charge in [-0.15, -0.1) is 22.7 Å². The highest BCUT2D eigenvalue weighted by molar-refractivity contribution is 7.10. The molecule has 3 heterocycles. The first-order valence-electron chi connectivity index (χ1n) is 8.19. The number of ether oxygens (including phenoxy) is 1. The molecule has 0 unspecified atom stereocenters. The number of nitrogens with one attached hydrogen (secondary N) is 1. The summed E-state index contributed by atoms with van der Waals surface area (Å²) in [5.41, 5.74) is -0.191. The van der Waals surface area contributed by atoms with Crippen LogP contribution in [0.15, 0.2) is 35.0 Å². The van der Waals surface area contributed by atoms with Crippen LogP contribution in [0.3, 0.4) is 0 Å². The van der Waals surface area contributed by atoms with Crippen LogP contribution < -0.4 is 5.32 Å². The van der Waals surface area contributed by atoms with Gasteiger partial charge in [0.05, 0.1) is 5.41 Å². The third-order valence-electron chi connectivity index (χ3n) is 5.26. The second-order valence-electron chi connectivity index (χ2n) is 6.61. The van der Waals surface area contributed by atoms with Gasteiger partial charge in [-0.2, -0.15) is 0 Å². The predicted molar refractivity (Wildman–Crippen MR) is 94.3 cm³/mol. The summed E-state index contributed by atoms with van der Waals surface area (Å²) in [6, 6.07) is 8.45. The standard InChI is InChI=1S/C18H21NO2S2/c20-16(18(5-6-18)15-4-2-12-23-15)19-13-17(7-9-21-10-8-17)14-3-1-11-22-14/h1-4,11-12H,5-10,13H2,(H,19,20). The third kappa shape index (κ3) is 2.75. The summed E-state index contributed by atoms with van der Waals surface area (Å²) in [5, 5.41) is 7.48. The predicted octanol–water partition coefficient (Wildman–Crippen LogP) is 3.71. The van der Waals surface area contributed by atoms with Crippen molar-refractivity contribution < 1.29 is 9.53 Å². The molecule has 122 valence electrons. The Balaban J connectivity index is 1.49. The van der Waals surface area contributed by atoms with Gasteiger partial charge in [-0.05, 0) is 48.6 Å². The first kappa shape index (κ1) is 15.4. The topological polar surface area (TPSA) is 38.3 Å². The summed E-state index contributed by atoms with van der Waals surface area (Å²) < 4.78 is 5.56. The fourth-order valence-electron chi connectivity index (χ4n) is 3.53. The molecule has 23 heavy (non-hydrogen) atoms. The van der Waals surface area contributed by atoms with Gasteiger partial charge in [0, 0.05) is 34.9 Å². The van der Waals surface area contributed by atoms with Crippen molar-refractivity contribution in [2.45, 2.75) is 36.5 Å². The van der Waals surface area contributed by atoms with Crippen LogP contribution in [0.25, 0.3) is 0 Å². The van der Waals surface area contributed by atoms with Crippen LogP contribution in [0, 0.1) is 0 Å². The summed E-state index contributed by atoms with van der Waals surface area (Å²) in [4.78, 5) is 15.4. The van der Waals surface area contributed by atoms with Crippen LogP contribution in [0.4, 0.5) is 0 Å². The molecule has 0 atom stereocenters. The quantitative estimate of drug-likeness (QED) is 0.895. The lowest BCUT2D eigenvalue weighted by molar-refractivity contribution is -0.124. The van der Waals surface area contributed by atoms with E-state index in [-0.39, 0.29) is 16.7 Å². The normalized spacial score (nSPS) is 21.7. The Hall–Kier alpha value is -1.17. The van der Waals surface area contributed by atoms with E-state index >= 15 is 0 Å². The minimum atomic E-state index is -0.240. The van der Waals surface area contributed by atoms with Crippen LogP contribution in [0.5, 0.6) is 0 Å². The molecule has 1 aliphatic carbocycles. The molecule has 1 N–H and O–H groups in total. The zero-order chi connectivity index (χ0) is 15.8. The molecule has 1 aliphatic heterocycles. The Bertz CT molecular complexity index is 653. The summed E-state index contributed by atoms with van der Waals surface area (Å²) in [6.45, 7) is 2.29. The molecular formula is C18H21NO2S2. The average molecular weight is 348 g/mol. The molecular weight excluding hydrogens is 326 g/mol. The fraction of sp³-hybridized carbons (Fsp3) is 0.500. The number of amides is 1. The zero-order valence-electron chi connectivity index (χ0n) is 13.0. The van der Waals surface area contributed by atoms with E-state index in [9.17, 15) is 4.79 Å². The molecule has 0 bridgehead atoms. The Labute approximate surface area is 144 Å². The average Bonchev–Trinajstić information content (AvgIpc) is 3.02. The van der Waals surface area contributed by atoms with E-state index < -0.39 is 0 Å². The van der Waals surface area contributed by atoms with Gasteiger partial charge in [0.25, 0.3) is 0 Å². The van der Waals surface area contributed by atoms with Gasteiger partial charge >= 0.3 is 0 Å². The fourth-order valence-corrected chi connectivity index (χ4v) is 5.50. The van der Waals surface area contributed by atoms with Crippen molar-refractivity contribution in [1.29, 1.82) is 0 Å². The van der Waals surface area contributed by atoms with Crippen molar-refractivity contribution in [3.8, 4) is 0 Å². The highest BCUT2D eigenvalue weighted by Crippen LogP contribution is 2.50. The SMILES string of the molecule is O=C(NCC1(c2cccs2)CCOCC1)C1(c2cccs2)CC1. The summed E-state index contributed by atoms with van der Waals surface area (Å²) >= 11 is 3.50. The van der Waals surface area contributed by atoms with E-state index in [1.54, 1.807) is 22.7 Å². The highest BCUT2D eigenvalue weighted by Gasteiger charge is 2.52. The second-order valence-corrected chi connectivity index (χ2v) is 8.51. The van der Waals surface area contributed by atoms with Crippen molar-refractivity contribution in [3.05, 3.63) is 44.8 Å². The first-order valence-corrected chi connectivity index (χ1v) is 9.95. The van der Waals surface area contributed by atoms with Crippen LogP contribution in [0.2, 0.25) is 0 Å². The minimum Gasteiger partial charge on any atom is -0.381 e. The Morgan fingerprint density at radius 2 is 1.70 bits per heavy atom. The van der Waals surface area contributed by atoms with E-state index in [2.05, 4.69) is 34.3 Å². The Morgan fingerprint density at radius 3 is 2.26 bits per heavy atom.